The first-order chi connectivity index (χ1) is 13.7. The molecule has 2 aromatic heterocycles. The monoisotopic (exact) mass is 388 g/mol. The van der Waals surface area contributed by atoms with Crippen LogP contribution in [0.1, 0.15) is 16.1 Å². The molecule has 4 rings (SSSR count). The first kappa shape index (κ1) is 17.9. The van der Waals surface area contributed by atoms with Gasteiger partial charge in [-0.2, -0.15) is 0 Å². The van der Waals surface area contributed by atoms with Crippen LogP contribution in [0.4, 0.5) is 11.4 Å². The molecule has 5 nitrogen and oxygen atoms in total. The molecule has 28 heavy (non-hydrogen) atoms. The summed E-state index contributed by atoms with van der Waals surface area (Å²) in [6, 6.07) is 20.7. The number of para-hydroxylation sites is 1. The Morgan fingerprint density at radius 3 is 2.61 bits per heavy atom. The van der Waals surface area contributed by atoms with Gasteiger partial charge in [0.1, 0.15) is 5.69 Å². The van der Waals surface area contributed by atoms with Crippen LogP contribution in [0.5, 0.6) is 0 Å². The Morgan fingerprint density at radius 2 is 1.75 bits per heavy atom. The third-order valence-corrected chi connectivity index (χ3v) is 4.54. The minimum Gasteiger partial charge on any atom is -0.381 e. The number of nitrogens with one attached hydrogen (secondary N) is 2. The van der Waals surface area contributed by atoms with Gasteiger partial charge in [-0.3, -0.25) is 14.8 Å². The van der Waals surface area contributed by atoms with Crippen LogP contribution in [0.2, 0.25) is 5.02 Å². The third-order valence-electron chi connectivity index (χ3n) is 4.28. The second-order valence-electron chi connectivity index (χ2n) is 6.24. The molecular formula is C22H17ClN4O. The second kappa shape index (κ2) is 8.06. The highest BCUT2D eigenvalue weighted by atomic mass is 35.5. The SMILES string of the molecule is O=C(Nc1cccc2cccnc12)c1cc(NCc2ccc(Cl)cc2)ccn1. The maximum Gasteiger partial charge on any atom is 0.274 e. The Bertz CT molecular complexity index is 1120. The molecule has 2 heterocycles. The van der Waals surface area contributed by atoms with Crippen LogP contribution in [0.3, 0.4) is 0 Å². The van der Waals surface area contributed by atoms with Crippen molar-refractivity contribution in [3.05, 3.63) is 95.4 Å². The number of hydrogen-bond donors (Lipinski definition) is 2. The normalized spacial score (nSPS) is 10.6. The topological polar surface area (TPSA) is 66.9 Å². The number of fused-ring (bicyclic) bond motifs is 1. The fraction of sp³-hybridized carbons (Fsp3) is 0.0455. The summed E-state index contributed by atoms with van der Waals surface area (Å²) >= 11 is 5.91. The van der Waals surface area contributed by atoms with Gasteiger partial charge in [0.25, 0.3) is 5.91 Å². The number of amides is 1. The van der Waals surface area contributed by atoms with E-state index in [0.29, 0.717) is 22.9 Å². The molecule has 0 fully saturated rings. The van der Waals surface area contributed by atoms with Gasteiger partial charge < -0.3 is 10.6 Å². The Morgan fingerprint density at radius 1 is 0.929 bits per heavy atom. The summed E-state index contributed by atoms with van der Waals surface area (Å²) in [7, 11) is 0. The van der Waals surface area contributed by atoms with Gasteiger partial charge in [-0.05, 0) is 42.0 Å². The van der Waals surface area contributed by atoms with Crippen LogP contribution < -0.4 is 10.6 Å². The highest BCUT2D eigenvalue weighted by Gasteiger charge is 2.11. The van der Waals surface area contributed by atoms with Gasteiger partial charge in [0, 0.05) is 35.0 Å². The molecule has 1 amide bonds. The number of carbonyl (C=O) groups excluding carboxylic acids is 1. The van der Waals surface area contributed by atoms with Crippen LogP contribution in [0.25, 0.3) is 10.9 Å². The van der Waals surface area contributed by atoms with Crippen molar-refractivity contribution >= 4 is 39.8 Å². The van der Waals surface area contributed by atoms with Crippen molar-refractivity contribution in [1.82, 2.24) is 9.97 Å². The van der Waals surface area contributed by atoms with E-state index in [1.165, 1.54) is 0 Å². The molecule has 0 aliphatic carbocycles. The predicted octanol–water partition coefficient (Wildman–Crippen LogP) is 5.15. The van der Waals surface area contributed by atoms with E-state index in [1.807, 2.05) is 60.7 Å². The van der Waals surface area contributed by atoms with E-state index in [0.717, 1.165) is 22.2 Å². The van der Waals surface area contributed by atoms with E-state index in [-0.39, 0.29) is 5.91 Å². The summed E-state index contributed by atoms with van der Waals surface area (Å²) in [4.78, 5) is 21.2. The number of pyridine rings is 2. The van der Waals surface area contributed by atoms with E-state index in [9.17, 15) is 4.79 Å². The highest BCUT2D eigenvalue weighted by Crippen LogP contribution is 2.21. The van der Waals surface area contributed by atoms with E-state index >= 15 is 0 Å². The first-order valence-corrected chi connectivity index (χ1v) is 9.16. The Kier molecular flexibility index (Phi) is 5.17. The number of hydrogen-bond acceptors (Lipinski definition) is 4. The lowest BCUT2D eigenvalue weighted by Crippen LogP contribution is -2.14. The number of carbonyl (C=O) groups is 1. The lowest BCUT2D eigenvalue weighted by Gasteiger charge is -2.10. The summed E-state index contributed by atoms with van der Waals surface area (Å²) in [6.45, 7) is 0.621. The molecule has 0 spiro atoms. The van der Waals surface area contributed by atoms with Crippen molar-refractivity contribution in [2.45, 2.75) is 6.54 Å². The largest absolute Gasteiger partial charge is 0.381 e. The minimum absolute atomic E-state index is 0.284. The van der Waals surface area contributed by atoms with Crippen LogP contribution in [-0.2, 0) is 6.54 Å². The average molecular weight is 389 g/mol. The molecule has 4 aromatic rings. The zero-order valence-electron chi connectivity index (χ0n) is 14.9. The van der Waals surface area contributed by atoms with Crippen molar-refractivity contribution in [2.75, 3.05) is 10.6 Å². The van der Waals surface area contributed by atoms with E-state index < -0.39 is 0 Å². The average Bonchev–Trinajstić information content (AvgIpc) is 2.74. The number of aromatic nitrogens is 2. The van der Waals surface area contributed by atoms with E-state index in [1.54, 1.807) is 18.5 Å². The Labute approximate surface area is 167 Å². The summed E-state index contributed by atoms with van der Waals surface area (Å²) in [5.41, 5.74) is 3.63. The number of halogens is 1. The maximum atomic E-state index is 12.7. The van der Waals surface area contributed by atoms with Crippen LogP contribution in [0.15, 0.2) is 79.1 Å². The fourth-order valence-corrected chi connectivity index (χ4v) is 2.99. The number of anilines is 2. The van der Waals surface area contributed by atoms with Crippen LogP contribution in [0, 0.1) is 0 Å². The third kappa shape index (κ3) is 4.10. The Hall–Kier alpha value is -3.44. The molecule has 0 radical (unpaired) electrons. The van der Waals surface area contributed by atoms with Crippen molar-refractivity contribution in [3.8, 4) is 0 Å². The second-order valence-corrected chi connectivity index (χ2v) is 6.68. The summed E-state index contributed by atoms with van der Waals surface area (Å²) in [6.07, 6.45) is 3.32. The van der Waals surface area contributed by atoms with Gasteiger partial charge in [-0.25, -0.2) is 0 Å². The number of nitrogens with zero attached hydrogens (tertiary/aromatic N) is 2. The summed E-state index contributed by atoms with van der Waals surface area (Å²) in [5.74, 6) is -0.284. The van der Waals surface area contributed by atoms with Crippen molar-refractivity contribution < 1.29 is 4.79 Å². The molecule has 0 unspecified atom stereocenters. The van der Waals surface area contributed by atoms with Gasteiger partial charge in [0.2, 0.25) is 0 Å². The first-order valence-electron chi connectivity index (χ1n) is 8.78. The Balaban J connectivity index is 1.48. The van der Waals surface area contributed by atoms with Crippen molar-refractivity contribution in [3.63, 3.8) is 0 Å². The molecule has 0 saturated carbocycles. The molecule has 138 valence electrons. The standard InChI is InChI=1S/C22H17ClN4O/c23-17-8-6-15(7-9-17)14-26-18-10-12-24-20(13-18)22(28)27-19-5-1-3-16-4-2-11-25-21(16)19/h1-13H,14H2,(H,24,26)(H,27,28). The van der Waals surface area contributed by atoms with Crippen LogP contribution >= 0.6 is 11.6 Å². The van der Waals surface area contributed by atoms with Gasteiger partial charge in [-0.1, -0.05) is 41.9 Å². The molecule has 6 heteroatoms. The summed E-state index contributed by atoms with van der Waals surface area (Å²) in [5, 5.41) is 7.86. The molecule has 0 aliphatic rings. The van der Waals surface area contributed by atoms with Gasteiger partial charge >= 0.3 is 0 Å². The zero-order chi connectivity index (χ0) is 19.3. The quantitative estimate of drug-likeness (QED) is 0.496. The summed E-state index contributed by atoms with van der Waals surface area (Å²) < 4.78 is 0. The maximum absolute atomic E-state index is 12.7. The van der Waals surface area contributed by atoms with E-state index in [2.05, 4.69) is 20.6 Å². The number of rotatable bonds is 5. The molecule has 0 saturated heterocycles. The van der Waals surface area contributed by atoms with Crippen LogP contribution in [-0.4, -0.2) is 15.9 Å². The molecule has 0 atom stereocenters. The van der Waals surface area contributed by atoms with Gasteiger partial charge in [-0.15, -0.1) is 0 Å². The molecule has 0 aliphatic heterocycles. The lowest BCUT2D eigenvalue weighted by molar-refractivity contribution is 0.102. The molecule has 2 N–H and O–H groups in total. The smallest absolute Gasteiger partial charge is 0.274 e. The van der Waals surface area contributed by atoms with Crippen molar-refractivity contribution in [2.24, 2.45) is 0 Å². The zero-order valence-corrected chi connectivity index (χ0v) is 15.6. The van der Waals surface area contributed by atoms with Gasteiger partial charge in [0.15, 0.2) is 0 Å². The minimum atomic E-state index is -0.284. The molecule has 2 aromatic carbocycles. The molecular weight excluding hydrogens is 372 g/mol. The lowest BCUT2D eigenvalue weighted by atomic mass is 10.2. The molecule has 0 bridgehead atoms. The fourth-order valence-electron chi connectivity index (χ4n) is 2.86. The van der Waals surface area contributed by atoms with Crippen molar-refractivity contribution in [1.29, 1.82) is 0 Å². The predicted molar refractivity (Wildman–Crippen MR) is 113 cm³/mol. The highest BCUT2D eigenvalue weighted by molar-refractivity contribution is 6.30. The van der Waals surface area contributed by atoms with E-state index in [4.69, 9.17) is 11.6 Å². The van der Waals surface area contributed by atoms with Gasteiger partial charge in [0.05, 0.1) is 11.2 Å². The number of benzene rings is 2.